The number of nitrogens with one attached hydrogen (secondary N) is 1. The number of amides is 1. The average molecular weight is 270 g/mol. The van der Waals surface area contributed by atoms with Gasteiger partial charge in [-0.2, -0.15) is 0 Å². The van der Waals surface area contributed by atoms with Crippen molar-refractivity contribution in [1.29, 1.82) is 0 Å². The van der Waals surface area contributed by atoms with Crippen LogP contribution in [0, 0.1) is 0 Å². The number of nitrogens with zero attached hydrogens (tertiary/aromatic N) is 3. The molecule has 1 aliphatic heterocycles. The predicted octanol–water partition coefficient (Wildman–Crippen LogP) is 1.14. The second-order valence-electron chi connectivity index (χ2n) is 4.19. The lowest BCUT2D eigenvalue weighted by atomic mass is 10.3. The Bertz CT molecular complexity index is 433. The van der Waals surface area contributed by atoms with E-state index < -0.39 is 0 Å². The quantitative estimate of drug-likeness (QED) is 0.856. The van der Waals surface area contributed by atoms with Gasteiger partial charge in [0.1, 0.15) is 23.0 Å². The van der Waals surface area contributed by atoms with E-state index in [1.54, 1.807) is 0 Å². The monoisotopic (exact) mass is 269 g/mol. The van der Waals surface area contributed by atoms with Crippen LogP contribution in [0.5, 0.6) is 0 Å². The lowest BCUT2D eigenvalue weighted by Gasteiger charge is -2.15. The minimum absolute atomic E-state index is 0.165. The molecule has 0 aromatic carbocycles. The van der Waals surface area contributed by atoms with Gasteiger partial charge in [-0.1, -0.05) is 11.6 Å². The van der Waals surface area contributed by atoms with Gasteiger partial charge in [-0.3, -0.25) is 4.79 Å². The van der Waals surface area contributed by atoms with Crippen molar-refractivity contribution >= 4 is 29.1 Å². The summed E-state index contributed by atoms with van der Waals surface area (Å²) in [7, 11) is 0. The summed E-state index contributed by atoms with van der Waals surface area (Å²) < 4.78 is 0. The molecule has 0 saturated carbocycles. The van der Waals surface area contributed by atoms with Gasteiger partial charge in [0.2, 0.25) is 5.91 Å². The van der Waals surface area contributed by atoms with Crippen LogP contribution in [0.15, 0.2) is 6.33 Å². The van der Waals surface area contributed by atoms with Crippen LogP contribution in [0.25, 0.3) is 0 Å². The molecule has 0 radical (unpaired) electrons. The normalized spacial score (nSPS) is 14.8. The maximum Gasteiger partial charge on any atom is 0.224 e. The summed E-state index contributed by atoms with van der Waals surface area (Å²) in [5.41, 5.74) is 5.55. The van der Waals surface area contributed by atoms with E-state index >= 15 is 0 Å². The van der Waals surface area contributed by atoms with Gasteiger partial charge in [0, 0.05) is 26.1 Å². The Morgan fingerprint density at radius 3 is 2.89 bits per heavy atom. The molecule has 0 spiro atoms. The van der Waals surface area contributed by atoms with Gasteiger partial charge >= 0.3 is 0 Å². The van der Waals surface area contributed by atoms with E-state index in [1.165, 1.54) is 6.33 Å². The van der Waals surface area contributed by atoms with Crippen molar-refractivity contribution in [2.45, 2.75) is 19.3 Å². The third-order valence-corrected chi connectivity index (χ3v) is 3.28. The Kier molecular flexibility index (Phi) is 4.19. The average Bonchev–Trinajstić information content (AvgIpc) is 2.88. The molecule has 1 aromatic heterocycles. The second-order valence-corrected chi connectivity index (χ2v) is 4.56. The number of carbonyl (C=O) groups is 1. The summed E-state index contributed by atoms with van der Waals surface area (Å²) >= 11 is 5.93. The zero-order valence-corrected chi connectivity index (χ0v) is 10.8. The molecule has 0 atom stereocenters. The first kappa shape index (κ1) is 12.9. The maximum absolute atomic E-state index is 11.8. The molecule has 2 rings (SSSR count). The van der Waals surface area contributed by atoms with Crippen molar-refractivity contribution in [3.05, 3.63) is 11.3 Å². The van der Waals surface area contributed by atoms with Crippen molar-refractivity contribution in [3.63, 3.8) is 0 Å². The summed E-state index contributed by atoms with van der Waals surface area (Å²) in [4.78, 5) is 21.4. The first-order valence-electron chi connectivity index (χ1n) is 5.96. The molecule has 7 heteroatoms. The van der Waals surface area contributed by atoms with Crippen molar-refractivity contribution in [2.75, 3.05) is 30.7 Å². The fraction of sp³-hybridized carbons (Fsp3) is 0.545. The molecule has 98 valence electrons. The minimum Gasteiger partial charge on any atom is -0.382 e. The number of nitrogen functional groups attached to an aromatic ring is 1. The Morgan fingerprint density at radius 2 is 2.17 bits per heavy atom. The Labute approximate surface area is 111 Å². The van der Waals surface area contributed by atoms with Crippen LogP contribution in [0.4, 0.5) is 11.6 Å². The van der Waals surface area contributed by atoms with Crippen molar-refractivity contribution in [2.24, 2.45) is 0 Å². The summed E-state index contributed by atoms with van der Waals surface area (Å²) in [5.74, 6) is 0.872. The van der Waals surface area contributed by atoms with E-state index in [2.05, 4.69) is 15.3 Å². The highest BCUT2D eigenvalue weighted by Crippen LogP contribution is 2.22. The molecule has 1 aliphatic rings. The zero-order valence-electron chi connectivity index (χ0n) is 10.0. The van der Waals surface area contributed by atoms with Crippen LogP contribution in [-0.4, -0.2) is 40.4 Å². The summed E-state index contributed by atoms with van der Waals surface area (Å²) in [6, 6.07) is 0. The molecule has 1 fully saturated rings. The fourth-order valence-corrected chi connectivity index (χ4v) is 2.08. The van der Waals surface area contributed by atoms with Gasteiger partial charge in [0.25, 0.3) is 0 Å². The van der Waals surface area contributed by atoms with Gasteiger partial charge in [0.15, 0.2) is 0 Å². The highest BCUT2D eigenvalue weighted by atomic mass is 35.5. The minimum atomic E-state index is 0.165. The van der Waals surface area contributed by atoms with Crippen molar-refractivity contribution < 1.29 is 4.79 Å². The van der Waals surface area contributed by atoms with Crippen molar-refractivity contribution in [1.82, 2.24) is 14.9 Å². The number of rotatable bonds is 4. The number of carbonyl (C=O) groups excluding carboxylic acids is 1. The Hall–Kier alpha value is -1.56. The molecule has 1 saturated heterocycles. The maximum atomic E-state index is 11.8. The van der Waals surface area contributed by atoms with Crippen LogP contribution in [0.3, 0.4) is 0 Å². The topological polar surface area (TPSA) is 84.1 Å². The molecule has 18 heavy (non-hydrogen) atoms. The zero-order chi connectivity index (χ0) is 13.0. The van der Waals surface area contributed by atoms with E-state index in [1.807, 2.05) is 4.90 Å². The molecule has 3 N–H and O–H groups in total. The summed E-state index contributed by atoms with van der Waals surface area (Å²) in [5, 5.41) is 3.29. The molecule has 1 amide bonds. The van der Waals surface area contributed by atoms with E-state index in [0.717, 1.165) is 25.9 Å². The molecule has 0 unspecified atom stereocenters. The lowest BCUT2D eigenvalue weighted by molar-refractivity contribution is -0.129. The number of hydrogen-bond donors (Lipinski definition) is 2. The number of anilines is 2. The van der Waals surface area contributed by atoms with Crippen LogP contribution >= 0.6 is 11.6 Å². The predicted molar refractivity (Wildman–Crippen MR) is 70.4 cm³/mol. The van der Waals surface area contributed by atoms with Gasteiger partial charge in [-0.05, 0) is 12.8 Å². The second kappa shape index (κ2) is 5.86. The Morgan fingerprint density at radius 1 is 1.44 bits per heavy atom. The molecule has 1 aromatic rings. The van der Waals surface area contributed by atoms with E-state index in [0.29, 0.717) is 23.8 Å². The van der Waals surface area contributed by atoms with Crippen LogP contribution in [0.2, 0.25) is 5.02 Å². The molecule has 0 bridgehead atoms. The smallest absolute Gasteiger partial charge is 0.224 e. The molecule has 6 nitrogen and oxygen atoms in total. The van der Waals surface area contributed by atoms with Gasteiger partial charge in [0.05, 0.1) is 0 Å². The third-order valence-electron chi connectivity index (χ3n) is 2.91. The SMILES string of the molecule is Nc1ncnc(NCCC(=O)N2CCCC2)c1Cl. The van der Waals surface area contributed by atoms with Gasteiger partial charge in [-0.15, -0.1) is 0 Å². The van der Waals surface area contributed by atoms with Gasteiger partial charge in [-0.25, -0.2) is 9.97 Å². The van der Waals surface area contributed by atoms with E-state index in [-0.39, 0.29) is 11.7 Å². The first-order chi connectivity index (χ1) is 8.68. The molecular weight excluding hydrogens is 254 g/mol. The highest BCUT2D eigenvalue weighted by molar-refractivity contribution is 6.35. The fourth-order valence-electron chi connectivity index (χ4n) is 1.92. The highest BCUT2D eigenvalue weighted by Gasteiger charge is 2.17. The lowest BCUT2D eigenvalue weighted by Crippen LogP contribution is -2.29. The number of hydrogen-bond acceptors (Lipinski definition) is 5. The summed E-state index contributed by atoms with van der Waals surface area (Å²) in [6.45, 7) is 2.24. The van der Waals surface area contributed by atoms with Crippen LogP contribution < -0.4 is 11.1 Å². The standard InChI is InChI=1S/C11H16ClN5O/c12-9-10(13)15-7-16-11(9)14-4-3-8(18)17-5-1-2-6-17/h7H,1-6H2,(H3,13,14,15,16). The van der Waals surface area contributed by atoms with Crippen LogP contribution in [-0.2, 0) is 4.79 Å². The largest absolute Gasteiger partial charge is 0.382 e. The molecule has 0 aliphatic carbocycles. The first-order valence-corrected chi connectivity index (χ1v) is 6.34. The van der Waals surface area contributed by atoms with Gasteiger partial charge < -0.3 is 16.0 Å². The van der Waals surface area contributed by atoms with Crippen molar-refractivity contribution in [3.8, 4) is 0 Å². The number of aromatic nitrogens is 2. The Balaban J connectivity index is 1.81. The van der Waals surface area contributed by atoms with E-state index in [9.17, 15) is 4.79 Å². The number of nitrogens with two attached hydrogens (primary N) is 1. The number of halogens is 1. The summed E-state index contributed by atoms with van der Waals surface area (Å²) in [6.07, 6.45) is 3.98. The molecular formula is C11H16ClN5O. The van der Waals surface area contributed by atoms with E-state index in [4.69, 9.17) is 17.3 Å². The van der Waals surface area contributed by atoms with Crippen LogP contribution in [0.1, 0.15) is 19.3 Å². The molecule has 2 heterocycles. The third kappa shape index (κ3) is 3.01. The number of likely N-dealkylation sites (tertiary alicyclic amines) is 1.